The molecule has 2 saturated heterocycles. The lowest BCUT2D eigenvalue weighted by Crippen LogP contribution is -2.54. The molecule has 2 aliphatic heterocycles. The van der Waals surface area contributed by atoms with Gasteiger partial charge in [0.1, 0.15) is 0 Å². The van der Waals surface area contributed by atoms with E-state index in [0.717, 1.165) is 32.6 Å². The molecule has 0 aliphatic carbocycles. The Morgan fingerprint density at radius 3 is 2.50 bits per heavy atom. The first-order valence-electron chi connectivity index (χ1n) is 7.33. The summed E-state index contributed by atoms with van der Waals surface area (Å²) in [6.45, 7) is 8.35. The fourth-order valence-corrected chi connectivity index (χ4v) is 3.32. The van der Waals surface area contributed by atoms with Gasteiger partial charge in [0, 0.05) is 32.2 Å². The first-order chi connectivity index (χ1) is 8.63. The molecule has 1 amide bonds. The van der Waals surface area contributed by atoms with Crippen molar-refractivity contribution in [3.05, 3.63) is 0 Å². The number of piperidine rings is 1. The number of carbonyl (C=O) groups excluding carboxylic acids is 1. The van der Waals surface area contributed by atoms with Crippen LogP contribution in [0.15, 0.2) is 0 Å². The molecule has 4 heteroatoms. The maximum absolute atomic E-state index is 12.4. The van der Waals surface area contributed by atoms with Gasteiger partial charge >= 0.3 is 0 Å². The molecule has 0 saturated carbocycles. The van der Waals surface area contributed by atoms with Crippen molar-refractivity contribution in [2.45, 2.75) is 45.2 Å². The molecular formula is C14H27N3O. The summed E-state index contributed by atoms with van der Waals surface area (Å²) in [6, 6.07) is 0.665. The van der Waals surface area contributed by atoms with Crippen molar-refractivity contribution in [2.24, 2.45) is 5.92 Å². The molecule has 2 fully saturated rings. The van der Waals surface area contributed by atoms with E-state index in [1.165, 1.54) is 12.8 Å². The van der Waals surface area contributed by atoms with E-state index < -0.39 is 0 Å². The van der Waals surface area contributed by atoms with Crippen LogP contribution in [0.1, 0.15) is 33.1 Å². The van der Waals surface area contributed by atoms with Gasteiger partial charge in [0.2, 0.25) is 5.91 Å². The molecule has 2 rings (SSSR count). The van der Waals surface area contributed by atoms with E-state index in [0.29, 0.717) is 17.9 Å². The van der Waals surface area contributed by atoms with Gasteiger partial charge < -0.3 is 10.2 Å². The number of nitrogens with one attached hydrogen (secondary N) is 1. The summed E-state index contributed by atoms with van der Waals surface area (Å²) in [5, 5.41) is 3.38. The Balaban J connectivity index is 1.89. The number of hydrogen-bond donors (Lipinski definition) is 1. The Morgan fingerprint density at radius 2 is 1.94 bits per heavy atom. The minimum Gasteiger partial charge on any atom is -0.341 e. The van der Waals surface area contributed by atoms with Gasteiger partial charge in [-0.05, 0) is 39.2 Å². The second-order valence-electron chi connectivity index (χ2n) is 5.86. The number of hydrogen-bond acceptors (Lipinski definition) is 3. The topological polar surface area (TPSA) is 35.6 Å². The number of likely N-dealkylation sites (tertiary alicyclic amines) is 2. The highest BCUT2D eigenvalue weighted by Gasteiger charge is 2.32. The first kappa shape index (κ1) is 13.8. The monoisotopic (exact) mass is 253 g/mol. The maximum atomic E-state index is 12.4. The van der Waals surface area contributed by atoms with Gasteiger partial charge in [0.25, 0.3) is 0 Å². The van der Waals surface area contributed by atoms with Crippen LogP contribution in [0.3, 0.4) is 0 Å². The molecule has 1 N–H and O–H groups in total. The molecule has 0 bridgehead atoms. The summed E-state index contributed by atoms with van der Waals surface area (Å²) in [6.07, 6.45) is 3.50. The van der Waals surface area contributed by atoms with Gasteiger partial charge in [0.05, 0.1) is 6.04 Å². The predicted molar refractivity (Wildman–Crippen MR) is 73.5 cm³/mol. The minimum atomic E-state index is 0.0587. The van der Waals surface area contributed by atoms with Crippen molar-refractivity contribution >= 4 is 5.91 Å². The first-order valence-corrected chi connectivity index (χ1v) is 7.33. The van der Waals surface area contributed by atoms with Crippen LogP contribution < -0.4 is 5.32 Å². The van der Waals surface area contributed by atoms with Gasteiger partial charge in [-0.25, -0.2) is 0 Å². The van der Waals surface area contributed by atoms with Crippen LogP contribution in [-0.2, 0) is 4.79 Å². The number of rotatable bonds is 3. The summed E-state index contributed by atoms with van der Waals surface area (Å²) in [5.41, 5.74) is 0. The number of nitrogens with zero attached hydrogens (tertiary/aromatic N) is 2. The molecule has 0 aromatic carbocycles. The van der Waals surface area contributed by atoms with Crippen molar-refractivity contribution in [3.63, 3.8) is 0 Å². The summed E-state index contributed by atoms with van der Waals surface area (Å²) < 4.78 is 0. The summed E-state index contributed by atoms with van der Waals surface area (Å²) in [7, 11) is 2.04. The van der Waals surface area contributed by atoms with E-state index in [2.05, 4.69) is 24.1 Å². The molecule has 2 heterocycles. The number of amides is 1. The highest BCUT2D eigenvalue weighted by atomic mass is 16.2. The van der Waals surface area contributed by atoms with Crippen LogP contribution in [0.2, 0.25) is 0 Å². The second-order valence-corrected chi connectivity index (χ2v) is 5.86. The van der Waals surface area contributed by atoms with Gasteiger partial charge in [-0.1, -0.05) is 6.92 Å². The third-order valence-corrected chi connectivity index (χ3v) is 4.63. The highest BCUT2D eigenvalue weighted by Crippen LogP contribution is 2.20. The summed E-state index contributed by atoms with van der Waals surface area (Å²) >= 11 is 0. The van der Waals surface area contributed by atoms with Gasteiger partial charge in [0.15, 0.2) is 0 Å². The van der Waals surface area contributed by atoms with Crippen LogP contribution in [0.5, 0.6) is 0 Å². The molecule has 0 aromatic heterocycles. The molecular weight excluding hydrogens is 226 g/mol. The lowest BCUT2D eigenvalue weighted by molar-refractivity contribution is -0.136. The average Bonchev–Trinajstić information content (AvgIpc) is 2.90. The van der Waals surface area contributed by atoms with Crippen LogP contribution in [0.25, 0.3) is 0 Å². The van der Waals surface area contributed by atoms with Gasteiger partial charge in [-0.3, -0.25) is 9.69 Å². The van der Waals surface area contributed by atoms with E-state index >= 15 is 0 Å². The molecule has 2 aliphatic rings. The van der Waals surface area contributed by atoms with E-state index in [4.69, 9.17) is 0 Å². The molecule has 0 spiro atoms. The van der Waals surface area contributed by atoms with E-state index in [9.17, 15) is 4.79 Å². The third-order valence-electron chi connectivity index (χ3n) is 4.63. The van der Waals surface area contributed by atoms with Crippen LogP contribution in [0, 0.1) is 5.92 Å². The molecule has 0 aromatic rings. The quantitative estimate of drug-likeness (QED) is 0.812. The standard InChI is InChI=1S/C14H27N3O/c1-11-10-17(9-6-13(11)15-3)12(2)14(18)16-7-4-5-8-16/h11-13,15H,4-10H2,1-3H3. The van der Waals surface area contributed by atoms with Crippen molar-refractivity contribution in [1.29, 1.82) is 0 Å². The Kier molecular flexibility index (Phi) is 4.62. The molecule has 104 valence electrons. The SMILES string of the molecule is CNC1CCN(C(C)C(=O)N2CCCC2)CC1C. The molecule has 3 atom stereocenters. The maximum Gasteiger partial charge on any atom is 0.239 e. The smallest absolute Gasteiger partial charge is 0.239 e. The van der Waals surface area contributed by atoms with E-state index in [1.807, 2.05) is 11.9 Å². The molecule has 3 unspecified atom stereocenters. The highest BCUT2D eigenvalue weighted by molar-refractivity contribution is 5.81. The van der Waals surface area contributed by atoms with Crippen LogP contribution >= 0.6 is 0 Å². The zero-order valence-electron chi connectivity index (χ0n) is 12.0. The van der Waals surface area contributed by atoms with Crippen molar-refractivity contribution in [1.82, 2.24) is 15.1 Å². The van der Waals surface area contributed by atoms with Gasteiger partial charge in [-0.15, -0.1) is 0 Å². The zero-order valence-corrected chi connectivity index (χ0v) is 12.0. The summed E-state index contributed by atoms with van der Waals surface area (Å²) in [4.78, 5) is 16.8. The summed E-state index contributed by atoms with van der Waals surface area (Å²) in [5.74, 6) is 0.959. The van der Waals surface area contributed by atoms with Crippen LogP contribution in [0.4, 0.5) is 0 Å². The predicted octanol–water partition coefficient (Wildman–Crippen LogP) is 0.927. The lowest BCUT2D eigenvalue weighted by atomic mass is 9.93. The minimum absolute atomic E-state index is 0.0587. The van der Waals surface area contributed by atoms with Crippen molar-refractivity contribution in [3.8, 4) is 0 Å². The lowest BCUT2D eigenvalue weighted by Gasteiger charge is -2.40. The Bertz CT molecular complexity index is 289. The molecule has 0 radical (unpaired) electrons. The fraction of sp³-hybridized carbons (Fsp3) is 0.929. The van der Waals surface area contributed by atoms with Crippen molar-refractivity contribution in [2.75, 3.05) is 33.2 Å². The molecule has 18 heavy (non-hydrogen) atoms. The average molecular weight is 253 g/mol. The third kappa shape index (κ3) is 2.86. The van der Waals surface area contributed by atoms with Crippen molar-refractivity contribution < 1.29 is 4.79 Å². The van der Waals surface area contributed by atoms with Crippen LogP contribution in [-0.4, -0.2) is 61.0 Å². The van der Waals surface area contributed by atoms with Gasteiger partial charge in [-0.2, -0.15) is 0 Å². The normalized spacial score (nSPS) is 31.6. The number of carbonyl (C=O) groups is 1. The Hall–Kier alpha value is -0.610. The Morgan fingerprint density at radius 1 is 1.28 bits per heavy atom. The Labute approximate surface area is 111 Å². The molecule has 4 nitrogen and oxygen atoms in total. The largest absolute Gasteiger partial charge is 0.341 e. The fourth-order valence-electron chi connectivity index (χ4n) is 3.32. The van der Waals surface area contributed by atoms with E-state index in [-0.39, 0.29) is 6.04 Å². The van der Waals surface area contributed by atoms with E-state index in [1.54, 1.807) is 0 Å². The second kappa shape index (κ2) is 6.02. The zero-order chi connectivity index (χ0) is 13.1.